The van der Waals surface area contributed by atoms with Gasteiger partial charge < -0.3 is 4.74 Å². The molecule has 1 N–H and O–H groups in total. The molecule has 0 aliphatic carbocycles. The number of aromatic nitrogens is 4. The maximum absolute atomic E-state index is 5.69. The van der Waals surface area contributed by atoms with Gasteiger partial charge in [0.15, 0.2) is 5.82 Å². The van der Waals surface area contributed by atoms with E-state index < -0.39 is 0 Å². The normalized spacial score (nSPS) is 19.5. The van der Waals surface area contributed by atoms with E-state index in [0.717, 1.165) is 35.3 Å². The number of hydrogen-bond donors (Lipinski definition) is 1. The average molecular weight is 276 g/mol. The summed E-state index contributed by atoms with van der Waals surface area (Å²) in [6.07, 6.45) is 7.47. The van der Waals surface area contributed by atoms with Gasteiger partial charge in [-0.25, -0.2) is 4.98 Å². The minimum atomic E-state index is 0.346. The Bertz CT molecular complexity index is 510. The molecule has 1 atom stereocenters. The number of ether oxygens (including phenoxy) is 1. The van der Waals surface area contributed by atoms with Crippen LogP contribution in [-0.4, -0.2) is 38.6 Å². The lowest BCUT2D eigenvalue weighted by Crippen LogP contribution is -2.21. The van der Waals surface area contributed by atoms with Crippen LogP contribution in [0.1, 0.15) is 19.3 Å². The van der Waals surface area contributed by atoms with E-state index in [9.17, 15) is 0 Å². The Balaban J connectivity index is 1.59. The third kappa shape index (κ3) is 3.33. The minimum Gasteiger partial charge on any atom is -0.377 e. The van der Waals surface area contributed by atoms with Gasteiger partial charge in [-0.1, -0.05) is 11.8 Å². The third-order valence-electron chi connectivity index (χ3n) is 3.07. The lowest BCUT2D eigenvalue weighted by molar-refractivity contribution is 0.0315. The number of aromatic amines is 1. The highest BCUT2D eigenvalue weighted by atomic mass is 32.2. The van der Waals surface area contributed by atoms with Crippen LogP contribution in [0, 0.1) is 0 Å². The first-order valence-corrected chi connectivity index (χ1v) is 7.47. The average Bonchev–Trinajstić information content (AvgIpc) is 2.96. The fraction of sp³-hybridized carbons (Fsp3) is 0.462. The Morgan fingerprint density at radius 2 is 2.42 bits per heavy atom. The first-order valence-electron chi connectivity index (χ1n) is 6.49. The molecule has 19 heavy (non-hydrogen) atoms. The smallest absolute Gasteiger partial charge is 0.208 e. The van der Waals surface area contributed by atoms with Gasteiger partial charge in [0.05, 0.1) is 6.10 Å². The van der Waals surface area contributed by atoms with Crippen molar-refractivity contribution >= 4 is 11.8 Å². The van der Waals surface area contributed by atoms with Crippen molar-refractivity contribution in [2.24, 2.45) is 0 Å². The van der Waals surface area contributed by atoms with E-state index >= 15 is 0 Å². The molecule has 1 fully saturated rings. The van der Waals surface area contributed by atoms with Gasteiger partial charge in [-0.2, -0.15) is 0 Å². The Kier molecular flexibility index (Phi) is 4.10. The molecule has 1 aliphatic rings. The summed E-state index contributed by atoms with van der Waals surface area (Å²) in [6.45, 7) is 0.889. The van der Waals surface area contributed by atoms with E-state index in [2.05, 4.69) is 20.2 Å². The number of nitrogens with zero attached hydrogens (tertiary/aromatic N) is 3. The van der Waals surface area contributed by atoms with Crippen LogP contribution in [-0.2, 0) is 4.74 Å². The van der Waals surface area contributed by atoms with Gasteiger partial charge in [-0.3, -0.25) is 10.1 Å². The molecule has 5 nitrogen and oxygen atoms in total. The maximum atomic E-state index is 5.69. The Morgan fingerprint density at radius 1 is 1.42 bits per heavy atom. The predicted molar refractivity (Wildman–Crippen MR) is 73.9 cm³/mol. The van der Waals surface area contributed by atoms with Crippen molar-refractivity contribution < 1.29 is 4.74 Å². The summed E-state index contributed by atoms with van der Waals surface area (Å²) in [6, 6.07) is 3.85. The molecule has 2 aromatic heterocycles. The van der Waals surface area contributed by atoms with Gasteiger partial charge in [-0.15, -0.1) is 5.10 Å². The van der Waals surface area contributed by atoms with E-state index in [1.54, 1.807) is 24.2 Å². The van der Waals surface area contributed by atoms with E-state index in [0.29, 0.717) is 6.10 Å². The summed E-state index contributed by atoms with van der Waals surface area (Å²) in [4.78, 5) is 8.54. The molecule has 0 radical (unpaired) electrons. The molecule has 3 heterocycles. The van der Waals surface area contributed by atoms with Crippen molar-refractivity contribution in [2.75, 3.05) is 12.4 Å². The zero-order chi connectivity index (χ0) is 12.9. The van der Waals surface area contributed by atoms with Crippen molar-refractivity contribution in [1.82, 2.24) is 20.2 Å². The molecule has 3 rings (SSSR count). The SMILES string of the molecule is c1cncc(-c2nc(SCC3CCCCO3)n[nH]2)c1. The summed E-state index contributed by atoms with van der Waals surface area (Å²) in [5.41, 5.74) is 0.954. The molecule has 0 saturated carbocycles. The van der Waals surface area contributed by atoms with Crippen molar-refractivity contribution in [1.29, 1.82) is 0 Å². The fourth-order valence-electron chi connectivity index (χ4n) is 2.05. The molecule has 0 amide bonds. The molecule has 2 aromatic rings. The lowest BCUT2D eigenvalue weighted by Gasteiger charge is -2.21. The standard InChI is InChI=1S/C13H16N4OS/c1-2-7-18-11(5-1)9-19-13-15-12(16-17-13)10-4-3-6-14-8-10/h3-4,6,8,11H,1-2,5,7,9H2,(H,15,16,17). The number of nitrogens with one attached hydrogen (secondary N) is 1. The lowest BCUT2D eigenvalue weighted by atomic mass is 10.1. The summed E-state index contributed by atoms with van der Waals surface area (Å²) in [7, 11) is 0. The largest absolute Gasteiger partial charge is 0.377 e. The van der Waals surface area contributed by atoms with E-state index in [1.165, 1.54) is 12.8 Å². The second-order valence-corrected chi connectivity index (χ2v) is 5.50. The molecule has 1 saturated heterocycles. The second kappa shape index (κ2) is 6.16. The zero-order valence-electron chi connectivity index (χ0n) is 10.6. The highest BCUT2D eigenvalue weighted by Crippen LogP contribution is 2.22. The third-order valence-corrected chi connectivity index (χ3v) is 4.05. The summed E-state index contributed by atoms with van der Waals surface area (Å²) in [5.74, 6) is 1.69. The van der Waals surface area contributed by atoms with Crippen LogP contribution in [0.15, 0.2) is 29.7 Å². The molecule has 100 valence electrons. The van der Waals surface area contributed by atoms with Crippen LogP contribution in [0.2, 0.25) is 0 Å². The van der Waals surface area contributed by atoms with Gasteiger partial charge in [-0.05, 0) is 31.4 Å². The number of hydrogen-bond acceptors (Lipinski definition) is 5. The van der Waals surface area contributed by atoms with Gasteiger partial charge in [0.25, 0.3) is 0 Å². The highest BCUT2D eigenvalue weighted by molar-refractivity contribution is 7.99. The summed E-state index contributed by atoms with van der Waals surface area (Å²) in [5, 5.41) is 7.94. The van der Waals surface area contributed by atoms with E-state index in [4.69, 9.17) is 4.74 Å². The molecular formula is C13H16N4OS. The van der Waals surface area contributed by atoms with Crippen LogP contribution >= 0.6 is 11.8 Å². The predicted octanol–water partition coefficient (Wildman–Crippen LogP) is 2.53. The zero-order valence-corrected chi connectivity index (χ0v) is 11.4. The first-order chi connectivity index (χ1) is 9.42. The summed E-state index contributed by atoms with van der Waals surface area (Å²) < 4.78 is 5.69. The molecule has 0 spiro atoms. The number of pyridine rings is 1. The fourth-order valence-corrected chi connectivity index (χ4v) is 2.91. The number of thioether (sulfide) groups is 1. The van der Waals surface area contributed by atoms with Crippen LogP contribution < -0.4 is 0 Å². The second-order valence-electron chi connectivity index (χ2n) is 4.51. The quantitative estimate of drug-likeness (QED) is 0.869. The molecule has 6 heteroatoms. The van der Waals surface area contributed by atoms with Crippen molar-refractivity contribution in [3.05, 3.63) is 24.5 Å². The van der Waals surface area contributed by atoms with E-state index in [1.807, 2.05) is 12.1 Å². The summed E-state index contributed by atoms with van der Waals surface area (Å²) >= 11 is 1.64. The van der Waals surface area contributed by atoms with Gasteiger partial charge in [0.1, 0.15) is 0 Å². The molecule has 1 unspecified atom stereocenters. The van der Waals surface area contributed by atoms with Gasteiger partial charge in [0, 0.05) is 30.3 Å². The molecule has 1 aliphatic heterocycles. The Hall–Kier alpha value is -1.40. The Labute approximate surface area is 116 Å². The molecule has 0 aromatic carbocycles. The van der Waals surface area contributed by atoms with Gasteiger partial charge >= 0.3 is 0 Å². The number of rotatable bonds is 4. The van der Waals surface area contributed by atoms with Crippen molar-refractivity contribution in [3.63, 3.8) is 0 Å². The van der Waals surface area contributed by atoms with Crippen LogP contribution in [0.3, 0.4) is 0 Å². The first kappa shape index (κ1) is 12.6. The maximum Gasteiger partial charge on any atom is 0.208 e. The number of H-pyrrole nitrogens is 1. The van der Waals surface area contributed by atoms with Gasteiger partial charge in [0.2, 0.25) is 5.16 Å². The molecule has 0 bridgehead atoms. The minimum absolute atomic E-state index is 0.346. The van der Waals surface area contributed by atoms with Crippen molar-refractivity contribution in [3.8, 4) is 11.4 Å². The van der Waals surface area contributed by atoms with Crippen LogP contribution in [0.5, 0.6) is 0 Å². The van der Waals surface area contributed by atoms with Crippen molar-refractivity contribution in [2.45, 2.75) is 30.5 Å². The van der Waals surface area contributed by atoms with E-state index in [-0.39, 0.29) is 0 Å². The highest BCUT2D eigenvalue weighted by Gasteiger charge is 2.15. The molecular weight excluding hydrogens is 260 g/mol. The topological polar surface area (TPSA) is 63.7 Å². The monoisotopic (exact) mass is 276 g/mol. The van der Waals surface area contributed by atoms with Crippen LogP contribution in [0.4, 0.5) is 0 Å². The Morgan fingerprint density at radius 3 is 3.21 bits per heavy atom. The van der Waals surface area contributed by atoms with Crippen LogP contribution in [0.25, 0.3) is 11.4 Å².